The number of hydrogen-bond acceptors (Lipinski definition) is 4. The number of methoxy groups -OCH3 is 1. The quantitative estimate of drug-likeness (QED) is 0.766. The van der Waals surface area contributed by atoms with Crippen molar-refractivity contribution in [3.63, 3.8) is 0 Å². The minimum Gasteiger partial charge on any atom is -0.497 e. The second kappa shape index (κ2) is 10.1. The number of amides is 1. The van der Waals surface area contributed by atoms with E-state index < -0.39 is 0 Å². The summed E-state index contributed by atoms with van der Waals surface area (Å²) < 4.78 is 5.18. The predicted octanol–water partition coefficient (Wildman–Crippen LogP) is 2.53. The van der Waals surface area contributed by atoms with Gasteiger partial charge in [0.1, 0.15) is 5.75 Å². The van der Waals surface area contributed by atoms with Crippen molar-refractivity contribution in [2.75, 3.05) is 46.4 Å². The average Bonchev–Trinajstić information content (AvgIpc) is 2.80. The number of fused-ring (bicyclic) bond motifs is 1. The number of rotatable bonds is 7. The molecule has 2 aromatic carbocycles. The molecule has 0 radical (unpaired) electrons. The Morgan fingerprint density at radius 3 is 2.50 bits per heavy atom. The molecule has 4 rings (SSSR count). The van der Waals surface area contributed by atoms with Gasteiger partial charge < -0.3 is 10.1 Å². The summed E-state index contributed by atoms with van der Waals surface area (Å²) in [5, 5.41) is 3.07. The molecular weight excluding hydrogens is 374 g/mol. The van der Waals surface area contributed by atoms with Crippen LogP contribution in [0, 0.1) is 0 Å². The Kier molecular flexibility index (Phi) is 7.03. The number of ether oxygens (including phenoxy) is 1. The molecule has 2 aromatic rings. The lowest BCUT2D eigenvalue weighted by atomic mass is 9.87. The Bertz CT molecular complexity index is 829. The molecule has 2 aliphatic rings. The lowest BCUT2D eigenvalue weighted by Gasteiger charge is -2.41. The van der Waals surface area contributed by atoms with E-state index in [1.54, 1.807) is 7.11 Å². The molecule has 1 unspecified atom stereocenters. The van der Waals surface area contributed by atoms with Crippen LogP contribution in [0.25, 0.3) is 0 Å². The van der Waals surface area contributed by atoms with Crippen LogP contribution in [0.3, 0.4) is 0 Å². The molecule has 1 saturated heterocycles. The van der Waals surface area contributed by atoms with Gasteiger partial charge in [-0.1, -0.05) is 36.4 Å². The molecule has 0 spiro atoms. The van der Waals surface area contributed by atoms with Crippen LogP contribution in [0.5, 0.6) is 5.75 Å². The highest BCUT2D eigenvalue weighted by atomic mass is 16.5. The second-order valence-electron chi connectivity index (χ2n) is 8.43. The Morgan fingerprint density at radius 1 is 1.03 bits per heavy atom. The fourth-order valence-electron chi connectivity index (χ4n) is 4.67. The van der Waals surface area contributed by atoms with Crippen molar-refractivity contribution in [2.24, 2.45) is 0 Å². The van der Waals surface area contributed by atoms with Crippen molar-refractivity contribution in [2.45, 2.75) is 31.7 Å². The molecule has 1 heterocycles. The van der Waals surface area contributed by atoms with E-state index >= 15 is 0 Å². The van der Waals surface area contributed by atoms with Crippen molar-refractivity contribution in [1.29, 1.82) is 0 Å². The van der Waals surface area contributed by atoms with Crippen molar-refractivity contribution >= 4 is 5.91 Å². The first kappa shape index (κ1) is 20.9. The smallest absolute Gasteiger partial charge is 0.234 e. The number of carbonyl (C=O) groups is 1. The number of nitrogens with zero attached hydrogens (tertiary/aromatic N) is 2. The van der Waals surface area contributed by atoms with Gasteiger partial charge in [-0.05, 0) is 54.5 Å². The van der Waals surface area contributed by atoms with Gasteiger partial charge in [0, 0.05) is 38.8 Å². The SMILES string of the molecule is COc1ccc(CCNC(=O)CN2CCN(C3CCc4ccccc4C3)CC2)cc1. The fraction of sp³-hybridized carbons (Fsp3) is 0.480. The van der Waals surface area contributed by atoms with Crippen molar-refractivity contribution < 1.29 is 9.53 Å². The molecule has 30 heavy (non-hydrogen) atoms. The van der Waals surface area contributed by atoms with E-state index in [-0.39, 0.29) is 5.91 Å². The predicted molar refractivity (Wildman–Crippen MR) is 120 cm³/mol. The van der Waals surface area contributed by atoms with E-state index in [9.17, 15) is 4.79 Å². The van der Waals surface area contributed by atoms with Crippen LogP contribution in [-0.2, 0) is 24.1 Å². The first-order chi connectivity index (χ1) is 14.7. The van der Waals surface area contributed by atoms with Crippen LogP contribution in [-0.4, -0.2) is 68.1 Å². The number of nitrogens with one attached hydrogen (secondary N) is 1. The maximum atomic E-state index is 12.3. The zero-order valence-electron chi connectivity index (χ0n) is 18.0. The highest BCUT2D eigenvalue weighted by Crippen LogP contribution is 2.25. The molecule has 160 valence electrons. The molecule has 1 N–H and O–H groups in total. The summed E-state index contributed by atoms with van der Waals surface area (Å²) >= 11 is 0. The van der Waals surface area contributed by atoms with E-state index in [1.165, 1.54) is 36.0 Å². The Balaban J connectivity index is 1.15. The largest absolute Gasteiger partial charge is 0.497 e. The summed E-state index contributed by atoms with van der Waals surface area (Å²) in [7, 11) is 1.67. The summed E-state index contributed by atoms with van der Waals surface area (Å²) in [6.07, 6.45) is 4.45. The van der Waals surface area contributed by atoms with Gasteiger partial charge in [0.05, 0.1) is 13.7 Å². The Morgan fingerprint density at radius 2 is 1.77 bits per heavy atom. The molecule has 1 atom stereocenters. The van der Waals surface area contributed by atoms with E-state index in [0.29, 0.717) is 19.1 Å². The van der Waals surface area contributed by atoms with E-state index in [2.05, 4.69) is 39.4 Å². The van der Waals surface area contributed by atoms with Crippen molar-refractivity contribution in [3.05, 3.63) is 65.2 Å². The zero-order chi connectivity index (χ0) is 20.8. The Hall–Kier alpha value is -2.37. The van der Waals surface area contributed by atoms with Gasteiger partial charge in [0.25, 0.3) is 0 Å². The van der Waals surface area contributed by atoms with Crippen molar-refractivity contribution in [3.8, 4) is 5.75 Å². The van der Waals surface area contributed by atoms with Crippen molar-refractivity contribution in [1.82, 2.24) is 15.1 Å². The molecule has 1 aliphatic heterocycles. The van der Waals surface area contributed by atoms with Gasteiger partial charge in [-0.15, -0.1) is 0 Å². The molecule has 5 nitrogen and oxygen atoms in total. The summed E-state index contributed by atoms with van der Waals surface area (Å²) in [5.74, 6) is 0.989. The van der Waals surface area contributed by atoms with Gasteiger partial charge >= 0.3 is 0 Å². The molecule has 0 bridgehead atoms. The highest BCUT2D eigenvalue weighted by Gasteiger charge is 2.27. The maximum Gasteiger partial charge on any atom is 0.234 e. The molecule has 0 aromatic heterocycles. The molecule has 5 heteroatoms. The summed E-state index contributed by atoms with van der Waals surface area (Å²) in [4.78, 5) is 17.3. The summed E-state index contributed by atoms with van der Waals surface area (Å²) in [6, 6.07) is 17.5. The highest BCUT2D eigenvalue weighted by molar-refractivity contribution is 5.78. The van der Waals surface area contributed by atoms with Crippen LogP contribution in [0.15, 0.2) is 48.5 Å². The van der Waals surface area contributed by atoms with E-state index in [0.717, 1.165) is 38.3 Å². The Labute approximate surface area is 180 Å². The summed E-state index contributed by atoms with van der Waals surface area (Å²) in [5.41, 5.74) is 4.25. The van der Waals surface area contributed by atoms with Crippen LogP contribution in [0.2, 0.25) is 0 Å². The lowest BCUT2D eigenvalue weighted by molar-refractivity contribution is -0.122. The first-order valence-corrected chi connectivity index (χ1v) is 11.1. The third-order valence-corrected chi connectivity index (χ3v) is 6.51. The minimum absolute atomic E-state index is 0.128. The van der Waals surface area contributed by atoms with Gasteiger partial charge in [0.15, 0.2) is 0 Å². The van der Waals surface area contributed by atoms with Gasteiger partial charge in [-0.3, -0.25) is 14.6 Å². The monoisotopic (exact) mass is 407 g/mol. The van der Waals surface area contributed by atoms with Crippen LogP contribution in [0.1, 0.15) is 23.1 Å². The summed E-state index contributed by atoms with van der Waals surface area (Å²) in [6.45, 7) is 5.25. The van der Waals surface area contributed by atoms with E-state index in [4.69, 9.17) is 4.74 Å². The average molecular weight is 408 g/mol. The van der Waals surface area contributed by atoms with Gasteiger partial charge in [-0.2, -0.15) is 0 Å². The zero-order valence-corrected chi connectivity index (χ0v) is 18.0. The molecule has 1 aliphatic carbocycles. The van der Waals surface area contributed by atoms with E-state index in [1.807, 2.05) is 24.3 Å². The fourth-order valence-corrected chi connectivity index (χ4v) is 4.67. The standard InChI is InChI=1S/C25H33N3O2/c1-30-24-10-6-20(7-11-24)12-13-26-25(29)19-27-14-16-28(17-15-27)23-9-8-21-4-2-3-5-22(21)18-23/h2-7,10-11,23H,8-9,12-19H2,1H3,(H,26,29). The van der Waals surface area contributed by atoms with Gasteiger partial charge in [0.2, 0.25) is 5.91 Å². The molecule has 1 fully saturated rings. The normalized spacial score (nSPS) is 19.8. The molecule has 0 saturated carbocycles. The number of carbonyl (C=O) groups excluding carboxylic acids is 1. The number of piperazine rings is 1. The third-order valence-electron chi connectivity index (χ3n) is 6.51. The number of hydrogen-bond donors (Lipinski definition) is 1. The molecule has 1 amide bonds. The van der Waals surface area contributed by atoms with Gasteiger partial charge in [-0.25, -0.2) is 0 Å². The van der Waals surface area contributed by atoms with Crippen LogP contribution >= 0.6 is 0 Å². The minimum atomic E-state index is 0.128. The van der Waals surface area contributed by atoms with Crippen LogP contribution < -0.4 is 10.1 Å². The third kappa shape index (κ3) is 5.41. The maximum absolute atomic E-state index is 12.3. The van der Waals surface area contributed by atoms with Crippen LogP contribution in [0.4, 0.5) is 0 Å². The molecular formula is C25H33N3O2. The second-order valence-corrected chi connectivity index (χ2v) is 8.43. The number of benzene rings is 2. The lowest BCUT2D eigenvalue weighted by Crippen LogP contribution is -2.53. The first-order valence-electron chi connectivity index (χ1n) is 11.1. The number of aryl methyl sites for hydroxylation is 1. The topological polar surface area (TPSA) is 44.8 Å².